The van der Waals surface area contributed by atoms with Gasteiger partial charge in [0.25, 0.3) is 5.91 Å². The van der Waals surface area contributed by atoms with E-state index in [4.69, 9.17) is 4.74 Å². The van der Waals surface area contributed by atoms with Gasteiger partial charge in [-0.1, -0.05) is 13.8 Å². The minimum Gasteiger partial charge on any atom is -0.460 e. The number of nitrogens with one attached hydrogen (secondary N) is 2. The number of esters is 1. The summed E-state index contributed by atoms with van der Waals surface area (Å²) in [5.74, 6) is -0.287. The second-order valence-electron chi connectivity index (χ2n) is 12.0. The zero-order valence-corrected chi connectivity index (χ0v) is 21.5. The molecule has 2 aliphatic rings. The molecule has 7 nitrogen and oxygen atoms in total. The zero-order chi connectivity index (χ0) is 25.0. The molecule has 1 fully saturated rings. The molecule has 2 N–H and O–H groups in total. The van der Waals surface area contributed by atoms with E-state index in [9.17, 15) is 9.59 Å². The molecule has 0 bridgehead atoms. The van der Waals surface area contributed by atoms with Crippen LogP contribution < -0.4 is 0 Å². The number of amides is 1. The Balaban J connectivity index is 1.29. The Kier molecular flexibility index (Phi) is 5.77. The van der Waals surface area contributed by atoms with E-state index in [0.29, 0.717) is 36.9 Å². The van der Waals surface area contributed by atoms with Crippen molar-refractivity contribution in [1.82, 2.24) is 20.1 Å². The first-order valence-electron chi connectivity index (χ1n) is 12.7. The van der Waals surface area contributed by atoms with E-state index in [0.717, 1.165) is 41.6 Å². The molecule has 1 aliphatic carbocycles. The van der Waals surface area contributed by atoms with Crippen molar-refractivity contribution < 1.29 is 14.3 Å². The second kappa shape index (κ2) is 8.54. The van der Waals surface area contributed by atoms with Crippen molar-refractivity contribution in [2.24, 2.45) is 11.3 Å². The van der Waals surface area contributed by atoms with Crippen molar-refractivity contribution in [3.05, 3.63) is 41.1 Å². The van der Waals surface area contributed by atoms with Crippen LogP contribution in [-0.2, 0) is 22.4 Å². The Morgan fingerprint density at radius 2 is 1.89 bits per heavy atom. The molecule has 186 valence electrons. The van der Waals surface area contributed by atoms with E-state index in [1.54, 1.807) is 0 Å². The third kappa shape index (κ3) is 4.86. The van der Waals surface area contributed by atoms with Crippen LogP contribution in [0.25, 0.3) is 22.3 Å². The van der Waals surface area contributed by atoms with E-state index < -0.39 is 5.60 Å². The monoisotopic (exact) mass is 476 g/mol. The van der Waals surface area contributed by atoms with Gasteiger partial charge in [0.1, 0.15) is 11.3 Å². The van der Waals surface area contributed by atoms with Crippen LogP contribution in [0.2, 0.25) is 0 Å². The number of carbonyl (C=O) groups is 2. The predicted octanol–water partition coefficient (Wildman–Crippen LogP) is 5.27. The Morgan fingerprint density at radius 3 is 2.60 bits per heavy atom. The van der Waals surface area contributed by atoms with E-state index in [-0.39, 0.29) is 17.8 Å². The zero-order valence-electron chi connectivity index (χ0n) is 21.5. The normalized spacial score (nSPS) is 18.5. The summed E-state index contributed by atoms with van der Waals surface area (Å²) >= 11 is 0. The molecule has 1 aliphatic heterocycles. The Labute approximate surface area is 206 Å². The number of H-pyrrole nitrogens is 2. The van der Waals surface area contributed by atoms with Crippen LogP contribution in [-0.4, -0.2) is 50.6 Å². The number of aromatic nitrogens is 3. The molecule has 0 unspecified atom stereocenters. The summed E-state index contributed by atoms with van der Waals surface area (Å²) in [7, 11) is 0. The van der Waals surface area contributed by atoms with E-state index in [2.05, 4.69) is 35.1 Å². The fourth-order valence-electron chi connectivity index (χ4n) is 5.35. The summed E-state index contributed by atoms with van der Waals surface area (Å²) in [5, 5.41) is 8.89. The second-order valence-corrected chi connectivity index (χ2v) is 12.0. The maximum Gasteiger partial charge on any atom is 0.309 e. The SMILES string of the molecule is CC1(C)CCc2c(-c3cc4cc(C(=O)N5CCC(C(=O)OC(C)(C)C)CC5)ccc4[nH]3)n[nH]c2C1. The number of hydrogen-bond donors (Lipinski definition) is 2. The third-order valence-corrected chi connectivity index (χ3v) is 7.30. The number of carbonyl (C=O) groups excluding carboxylic acids is 2. The van der Waals surface area contributed by atoms with Crippen molar-refractivity contribution in [3.63, 3.8) is 0 Å². The van der Waals surface area contributed by atoms with Gasteiger partial charge >= 0.3 is 5.97 Å². The molecule has 2 aromatic heterocycles. The molecule has 1 amide bonds. The number of nitrogens with zero attached hydrogens (tertiary/aromatic N) is 2. The highest BCUT2D eigenvalue weighted by Crippen LogP contribution is 2.38. The van der Waals surface area contributed by atoms with Crippen molar-refractivity contribution in [2.45, 2.75) is 72.3 Å². The van der Waals surface area contributed by atoms with Crippen LogP contribution in [0, 0.1) is 11.3 Å². The van der Waals surface area contributed by atoms with Crippen LogP contribution in [0.3, 0.4) is 0 Å². The number of benzene rings is 1. The maximum atomic E-state index is 13.2. The highest BCUT2D eigenvalue weighted by molar-refractivity contribution is 5.99. The van der Waals surface area contributed by atoms with Gasteiger partial charge in [-0.05, 0) is 82.6 Å². The molecule has 0 spiro atoms. The van der Waals surface area contributed by atoms with Gasteiger partial charge in [0.15, 0.2) is 0 Å². The highest BCUT2D eigenvalue weighted by atomic mass is 16.6. The first kappa shape index (κ1) is 23.6. The van der Waals surface area contributed by atoms with Gasteiger partial charge in [-0.2, -0.15) is 5.10 Å². The van der Waals surface area contributed by atoms with Gasteiger partial charge < -0.3 is 14.6 Å². The quantitative estimate of drug-likeness (QED) is 0.504. The van der Waals surface area contributed by atoms with E-state index in [1.165, 1.54) is 11.3 Å². The van der Waals surface area contributed by atoms with Crippen LogP contribution in [0.4, 0.5) is 0 Å². The fourth-order valence-corrected chi connectivity index (χ4v) is 5.35. The number of ether oxygens (including phenoxy) is 1. The average molecular weight is 477 g/mol. The summed E-state index contributed by atoms with van der Waals surface area (Å²) in [4.78, 5) is 31.0. The molecule has 3 heterocycles. The van der Waals surface area contributed by atoms with E-state index in [1.807, 2.05) is 43.9 Å². The molecular formula is C28H36N4O3. The minimum absolute atomic E-state index is 0.0108. The minimum atomic E-state index is -0.485. The molecule has 1 saturated heterocycles. The fraction of sp³-hybridized carbons (Fsp3) is 0.536. The number of fused-ring (bicyclic) bond motifs is 2. The molecule has 3 aromatic rings. The molecule has 35 heavy (non-hydrogen) atoms. The Bertz CT molecular complexity index is 1270. The van der Waals surface area contributed by atoms with Crippen molar-refractivity contribution in [2.75, 3.05) is 13.1 Å². The summed E-state index contributed by atoms with van der Waals surface area (Å²) in [6, 6.07) is 7.91. The van der Waals surface area contributed by atoms with Gasteiger partial charge in [-0.25, -0.2) is 0 Å². The van der Waals surface area contributed by atoms with E-state index >= 15 is 0 Å². The molecular weight excluding hydrogens is 440 g/mol. The number of piperidine rings is 1. The van der Waals surface area contributed by atoms with Gasteiger partial charge in [0.05, 0.1) is 11.6 Å². The third-order valence-electron chi connectivity index (χ3n) is 7.30. The molecule has 0 saturated carbocycles. The predicted molar refractivity (Wildman–Crippen MR) is 136 cm³/mol. The highest BCUT2D eigenvalue weighted by Gasteiger charge is 2.32. The smallest absolute Gasteiger partial charge is 0.309 e. The lowest BCUT2D eigenvalue weighted by Crippen LogP contribution is -2.41. The van der Waals surface area contributed by atoms with Crippen LogP contribution >= 0.6 is 0 Å². The van der Waals surface area contributed by atoms with Crippen molar-refractivity contribution in [3.8, 4) is 11.4 Å². The summed E-state index contributed by atoms with van der Waals surface area (Å²) < 4.78 is 5.53. The van der Waals surface area contributed by atoms with Gasteiger partial charge in [-0.15, -0.1) is 0 Å². The largest absolute Gasteiger partial charge is 0.460 e. The topological polar surface area (TPSA) is 91.1 Å². The summed E-state index contributed by atoms with van der Waals surface area (Å²) in [6.45, 7) is 11.4. The number of rotatable bonds is 3. The Hall–Kier alpha value is -3.09. The van der Waals surface area contributed by atoms with Gasteiger partial charge in [0, 0.05) is 40.8 Å². The number of hydrogen-bond acceptors (Lipinski definition) is 4. The van der Waals surface area contributed by atoms with Gasteiger partial charge in [-0.3, -0.25) is 14.7 Å². The first-order valence-corrected chi connectivity index (χ1v) is 12.7. The standard InChI is InChI=1S/C28H36N4O3/c1-27(2,3)35-26(34)17-9-12-32(13-10-17)25(33)18-6-7-21-19(14-18)15-22(29-21)24-20-8-11-28(4,5)16-23(20)30-31-24/h6-7,14-15,17,29H,8-13,16H2,1-5H3,(H,30,31). The molecule has 7 heteroatoms. The maximum absolute atomic E-state index is 13.2. The lowest BCUT2D eigenvalue weighted by molar-refractivity contribution is -0.161. The molecule has 0 radical (unpaired) electrons. The average Bonchev–Trinajstić information content (AvgIpc) is 3.39. The lowest BCUT2D eigenvalue weighted by Gasteiger charge is -2.32. The van der Waals surface area contributed by atoms with Crippen LogP contribution in [0.1, 0.15) is 75.5 Å². The van der Waals surface area contributed by atoms with Crippen LogP contribution in [0.5, 0.6) is 0 Å². The first-order chi connectivity index (χ1) is 16.5. The molecule has 5 rings (SSSR count). The summed E-state index contributed by atoms with van der Waals surface area (Å²) in [6.07, 6.45) is 4.46. The summed E-state index contributed by atoms with van der Waals surface area (Å²) in [5.41, 5.74) is 6.00. The van der Waals surface area contributed by atoms with Crippen molar-refractivity contribution in [1.29, 1.82) is 0 Å². The van der Waals surface area contributed by atoms with Crippen molar-refractivity contribution >= 4 is 22.8 Å². The van der Waals surface area contributed by atoms with Crippen LogP contribution in [0.15, 0.2) is 24.3 Å². The molecule has 1 aromatic carbocycles. The lowest BCUT2D eigenvalue weighted by atomic mass is 9.76. The molecule has 0 atom stereocenters. The number of aromatic amines is 2. The number of likely N-dealkylation sites (tertiary alicyclic amines) is 1. The Morgan fingerprint density at radius 1 is 1.14 bits per heavy atom. The van der Waals surface area contributed by atoms with Gasteiger partial charge in [0.2, 0.25) is 0 Å².